The number of allylic oxidation sites excluding steroid dienone is 1. The lowest BCUT2D eigenvalue weighted by molar-refractivity contribution is -0.111. The van der Waals surface area contributed by atoms with Crippen LogP contribution in [-0.4, -0.2) is 5.78 Å². The van der Waals surface area contributed by atoms with Crippen molar-refractivity contribution in [1.82, 2.24) is 0 Å². The minimum absolute atomic E-state index is 0.0267. The second kappa shape index (κ2) is 3.35. The van der Waals surface area contributed by atoms with Gasteiger partial charge in [-0.05, 0) is 19.4 Å². The molecule has 1 heteroatoms. The predicted octanol–water partition coefficient (Wildman–Crippen LogP) is 2.60. The summed E-state index contributed by atoms with van der Waals surface area (Å²) in [5.41, 5.74) is 2.68. The molecule has 0 aliphatic rings. The number of benzene rings is 1. The van der Waals surface area contributed by atoms with Crippen LogP contribution < -0.4 is 0 Å². The fourth-order valence-electron chi connectivity index (χ4n) is 0.958. The monoisotopic (exact) mass is 160 g/mol. The van der Waals surface area contributed by atoms with Gasteiger partial charge in [0.05, 0.1) is 0 Å². The Hall–Kier alpha value is -1.37. The minimum atomic E-state index is 0.0267. The van der Waals surface area contributed by atoms with E-state index in [1.54, 1.807) is 0 Å². The first-order valence-electron chi connectivity index (χ1n) is 3.88. The van der Waals surface area contributed by atoms with E-state index in [0.717, 1.165) is 5.56 Å². The van der Waals surface area contributed by atoms with Crippen molar-refractivity contribution in [3.05, 3.63) is 42.0 Å². The zero-order chi connectivity index (χ0) is 9.14. The van der Waals surface area contributed by atoms with Gasteiger partial charge in [-0.15, -0.1) is 0 Å². The lowest BCUT2D eigenvalue weighted by atomic mass is 10.0. The van der Waals surface area contributed by atoms with Gasteiger partial charge in [-0.25, -0.2) is 0 Å². The number of aryl methyl sites for hydroxylation is 1. The number of hydrogen-bond donors (Lipinski definition) is 0. The van der Waals surface area contributed by atoms with Crippen molar-refractivity contribution in [1.29, 1.82) is 0 Å². The molecule has 0 N–H and O–H groups in total. The molecule has 0 radical (unpaired) electrons. The predicted molar refractivity (Wildman–Crippen MR) is 50.9 cm³/mol. The van der Waals surface area contributed by atoms with Crippen LogP contribution in [0.25, 0.3) is 5.57 Å². The van der Waals surface area contributed by atoms with E-state index in [1.807, 2.05) is 31.2 Å². The Morgan fingerprint density at radius 3 is 2.17 bits per heavy atom. The normalized spacial score (nSPS) is 9.50. The second-order valence-electron chi connectivity index (χ2n) is 2.90. The highest BCUT2D eigenvalue weighted by molar-refractivity contribution is 6.18. The molecule has 0 atom stereocenters. The fraction of sp³-hybridized carbons (Fsp3) is 0.182. The van der Waals surface area contributed by atoms with E-state index < -0.39 is 0 Å². The number of ketones is 1. The summed E-state index contributed by atoms with van der Waals surface area (Å²) in [5, 5.41) is 0. The van der Waals surface area contributed by atoms with Gasteiger partial charge in [0.15, 0.2) is 5.78 Å². The topological polar surface area (TPSA) is 17.1 Å². The third kappa shape index (κ3) is 1.82. The zero-order valence-corrected chi connectivity index (χ0v) is 7.42. The summed E-state index contributed by atoms with van der Waals surface area (Å²) in [6, 6.07) is 7.78. The molecule has 0 saturated heterocycles. The van der Waals surface area contributed by atoms with Crippen LogP contribution >= 0.6 is 0 Å². The summed E-state index contributed by atoms with van der Waals surface area (Å²) in [4.78, 5) is 10.9. The van der Waals surface area contributed by atoms with Crippen molar-refractivity contribution >= 4 is 11.4 Å². The van der Waals surface area contributed by atoms with Gasteiger partial charge < -0.3 is 0 Å². The van der Waals surface area contributed by atoms with Crippen molar-refractivity contribution in [2.45, 2.75) is 13.8 Å². The molecule has 0 saturated carbocycles. The maximum absolute atomic E-state index is 10.9. The fourth-order valence-corrected chi connectivity index (χ4v) is 0.958. The minimum Gasteiger partial charge on any atom is -0.295 e. The summed E-state index contributed by atoms with van der Waals surface area (Å²) in [6.45, 7) is 7.25. The highest BCUT2D eigenvalue weighted by Crippen LogP contribution is 2.13. The van der Waals surface area contributed by atoms with Crippen LogP contribution in [0.15, 0.2) is 30.8 Å². The summed E-state index contributed by atoms with van der Waals surface area (Å²) >= 11 is 0. The van der Waals surface area contributed by atoms with E-state index >= 15 is 0 Å². The van der Waals surface area contributed by atoms with E-state index in [1.165, 1.54) is 12.5 Å². The third-order valence-corrected chi connectivity index (χ3v) is 1.83. The Morgan fingerprint density at radius 2 is 1.75 bits per heavy atom. The van der Waals surface area contributed by atoms with Gasteiger partial charge in [0, 0.05) is 5.57 Å². The Morgan fingerprint density at radius 1 is 1.25 bits per heavy atom. The van der Waals surface area contributed by atoms with Crippen molar-refractivity contribution in [3.63, 3.8) is 0 Å². The number of Topliss-reactive ketones (excluding diaryl/α,β-unsaturated/α-hetero) is 1. The van der Waals surface area contributed by atoms with Crippen LogP contribution in [-0.2, 0) is 4.79 Å². The first-order chi connectivity index (χ1) is 5.61. The van der Waals surface area contributed by atoms with Crippen molar-refractivity contribution in [2.75, 3.05) is 0 Å². The molecule has 1 aromatic rings. The van der Waals surface area contributed by atoms with Crippen molar-refractivity contribution in [2.24, 2.45) is 0 Å². The van der Waals surface area contributed by atoms with Crippen LogP contribution in [0.3, 0.4) is 0 Å². The Kier molecular flexibility index (Phi) is 2.44. The van der Waals surface area contributed by atoms with Gasteiger partial charge in [-0.2, -0.15) is 0 Å². The summed E-state index contributed by atoms with van der Waals surface area (Å²) in [5.74, 6) is 0.0267. The highest BCUT2D eigenvalue weighted by atomic mass is 16.1. The molecule has 0 heterocycles. The number of hydrogen-bond acceptors (Lipinski definition) is 1. The van der Waals surface area contributed by atoms with Crippen LogP contribution in [0, 0.1) is 6.92 Å². The average Bonchev–Trinajstić information content (AvgIpc) is 2.04. The van der Waals surface area contributed by atoms with E-state index in [2.05, 4.69) is 6.58 Å². The van der Waals surface area contributed by atoms with Gasteiger partial charge in [-0.1, -0.05) is 36.4 Å². The lowest BCUT2D eigenvalue weighted by Crippen LogP contribution is -1.93. The molecule has 0 aliphatic heterocycles. The zero-order valence-electron chi connectivity index (χ0n) is 7.42. The maximum atomic E-state index is 10.9. The quantitative estimate of drug-likeness (QED) is 0.608. The average molecular weight is 160 g/mol. The van der Waals surface area contributed by atoms with Crippen molar-refractivity contribution < 1.29 is 4.79 Å². The van der Waals surface area contributed by atoms with E-state index in [4.69, 9.17) is 0 Å². The maximum Gasteiger partial charge on any atom is 0.159 e. The number of rotatable bonds is 2. The van der Waals surface area contributed by atoms with E-state index in [-0.39, 0.29) is 5.78 Å². The largest absolute Gasteiger partial charge is 0.295 e. The summed E-state index contributed by atoms with van der Waals surface area (Å²) in [6.07, 6.45) is 0. The molecule has 12 heavy (non-hydrogen) atoms. The standard InChI is InChI=1S/C11H12O/c1-8-4-6-11(7-5-8)9(2)10(3)12/h4-7H,2H2,1,3H3. The van der Waals surface area contributed by atoms with Gasteiger partial charge >= 0.3 is 0 Å². The third-order valence-electron chi connectivity index (χ3n) is 1.83. The molecule has 1 nitrogen and oxygen atoms in total. The first-order valence-corrected chi connectivity index (χ1v) is 3.88. The molecule has 0 amide bonds. The molecule has 62 valence electrons. The smallest absolute Gasteiger partial charge is 0.159 e. The number of carbonyl (C=O) groups is 1. The van der Waals surface area contributed by atoms with Crippen molar-refractivity contribution in [3.8, 4) is 0 Å². The number of carbonyl (C=O) groups excluding carboxylic acids is 1. The molecular formula is C11H12O. The van der Waals surface area contributed by atoms with Crippen LogP contribution in [0.2, 0.25) is 0 Å². The van der Waals surface area contributed by atoms with E-state index in [0.29, 0.717) is 5.57 Å². The lowest BCUT2D eigenvalue weighted by Gasteiger charge is -2.00. The van der Waals surface area contributed by atoms with Crippen LogP contribution in [0.1, 0.15) is 18.1 Å². The Bertz CT molecular complexity index is 306. The first kappa shape index (κ1) is 8.72. The van der Waals surface area contributed by atoms with Gasteiger partial charge in [0.1, 0.15) is 0 Å². The van der Waals surface area contributed by atoms with Gasteiger partial charge in [0.2, 0.25) is 0 Å². The SMILES string of the molecule is C=C(C(C)=O)c1ccc(C)cc1. The van der Waals surface area contributed by atoms with Gasteiger partial charge in [-0.3, -0.25) is 4.79 Å². The summed E-state index contributed by atoms with van der Waals surface area (Å²) < 4.78 is 0. The molecule has 0 unspecified atom stereocenters. The molecule has 0 aromatic heterocycles. The Labute approximate surface area is 72.7 Å². The molecule has 0 aliphatic carbocycles. The van der Waals surface area contributed by atoms with Gasteiger partial charge in [0.25, 0.3) is 0 Å². The van der Waals surface area contributed by atoms with Crippen LogP contribution in [0.4, 0.5) is 0 Å². The summed E-state index contributed by atoms with van der Waals surface area (Å²) in [7, 11) is 0. The molecule has 1 aromatic carbocycles. The molecular weight excluding hydrogens is 148 g/mol. The molecule has 0 bridgehead atoms. The van der Waals surface area contributed by atoms with E-state index in [9.17, 15) is 4.79 Å². The van der Waals surface area contributed by atoms with Crippen LogP contribution in [0.5, 0.6) is 0 Å². The molecule has 0 spiro atoms. The molecule has 1 rings (SSSR count). The second-order valence-corrected chi connectivity index (χ2v) is 2.90. The Balaban J connectivity index is 2.98. The molecule has 0 fully saturated rings. The highest BCUT2D eigenvalue weighted by Gasteiger charge is 2.02.